The van der Waals surface area contributed by atoms with Gasteiger partial charge < -0.3 is 5.32 Å². The van der Waals surface area contributed by atoms with E-state index in [9.17, 15) is 0 Å². The van der Waals surface area contributed by atoms with E-state index in [1.807, 2.05) is 18.2 Å². The number of hydrogen-bond donors (Lipinski definition) is 1. The van der Waals surface area contributed by atoms with Gasteiger partial charge in [-0.15, -0.1) is 0 Å². The first-order valence-electron chi connectivity index (χ1n) is 4.34. The molecule has 2 heterocycles. The van der Waals surface area contributed by atoms with Crippen molar-refractivity contribution in [3.8, 4) is 0 Å². The quantitative estimate of drug-likeness (QED) is 0.774. The van der Waals surface area contributed by atoms with Crippen LogP contribution >= 0.6 is 12.2 Å². The van der Waals surface area contributed by atoms with Crippen molar-refractivity contribution >= 4 is 23.0 Å². The molecule has 0 unspecified atom stereocenters. The Morgan fingerprint density at radius 1 is 1.13 bits per heavy atom. The van der Waals surface area contributed by atoms with Gasteiger partial charge in [-0.1, -0.05) is 18.3 Å². The van der Waals surface area contributed by atoms with Crippen LogP contribution in [-0.2, 0) is 0 Å². The van der Waals surface area contributed by atoms with Crippen LogP contribution in [0.15, 0.2) is 43.0 Å². The first-order valence-corrected chi connectivity index (χ1v) is 4.75. The van der Waals surface area contributed by atoms with Crippen LogP contribution < -0.4 is 5.32 Å². The molecule has 0 aliphatic carbocycles. The fourth-order valence-electron chi connectivity index (χ4n) is 1.03. The van der Waals surface area contributed by atoms with Crippen molar-refractivity contribution in [3.05, 3.63) is 48.7 Å². The number of thiocarbonyl (C=S) groups is 1. The SMILES string of the molecule is S=C(Nc1ccccn1)c1cnccn1. The Kier molecular flexibility index (Phi) is 2.94. The van der Waals surface area contributed by atoms with Gasteiger partial charge in [0, 0.05) is 18.6 Å². The summed E-state index contributed by atoms with van der Waals surface area (Å²) in [6.45, 7) is 0. The van der Waals surface area contributed by atoms with Crippen LogP contribution in [0.4, 0.5) is 5.82 Å². The molecule has 0 atom stereocenters. The van der Waals surface area contributed by atoms with Crippen molar-refractivity contribution in [1.82, 2.24) is 15.0 Å². The molecule has 1 N–H and O–H groups in total. The van der Waals surface area contributed by atoms with Crippen molar-refractivity contribution < 1.29 is 0 Å². The van der Waals surface area contributed by atoms with E-state index in [1.165, 1.54) is 0 Å². The fraction of sp³-hybridized carbons (Fsp3) is 0. The van der Waals surface area contributed by atoms with Crippen LogP contribution in [0.25, 0.3) is 0 Å². The van der Waals surface area contributed by atoms with Crippen LogP contribution in [-0.4, -0.2) is 19.9 Å². The van der Waals surface area contributed by atoms with Gasteiger partial charge in [0.2, 0.25) is 0 Å². The van der Waals surface area contributed by atoms with Gasteiger partial charge in [-0.3, -0.25) is 9.97 Å². The highest BCUT2D eigenvalue weighted by Crippen LogP contribution is 2.03. The minimum atomic E-state index is 0.516. The Balaban J connectivity index is 2.12. The third-order valence-electron chi connectivity index (χ3n) is 1.70. The van der Waals surface area contributed by atoms with Gasteiger partial charge in [-0.2, -0.15) is 0 Å². The van der Waals surface area contributed by atoms with Gasteiger partial charge in [0.05, 0.1) is 6.20 Å². The lowest BCUT2D eigenvalue weighted by atomic mass is 10.4. The molecule has 0 spiro atoms. The Labute approximate surface area is 92.4 Å². The molecule has 5 heteroatoms. The number of hydrogen-bond acceptors (Lipinski definition) is 4. The molecular weight excluding hydrogens is 208 g/mol. The Morgan fingerprint density at radius 3 is 2.73 bits per heavy atom. The molecule has 4 nitrogen and oxygen atoms in total. The molecule has 0 saturated carbocycles. The first kappa shape index (κ1) is 9.67. The summed E-state index contributed by atoms with van der Waals surface area (Å²) in [6.07, 6.45) is 6.51. The number of rotatable bonds is 2. The lowest BCUT2D eigenvalue weighted by Crippen LogP contribution is -2.13. The van der Waals surface area contributed by atoms with Gasteiger partial charge in [0.25, 0.3) is 0 Å². The second-order valence-corrected chi connectivity index (χ2v) is 3.17. The van der Waals surface area contributed by atoms with Crippen LogP contribution in [0.5, 0.6) is 0 Å². The van der Waals surface area contributed by atoms with Crippen molar-refractivity contribution in [1.29, 1.82) is 0 Å². The zero-order chi connectivity index (χ0) is 10.5. The zero-order valence-electron chi connectivity index (χ0n) is 7.79. The van der Waals surface area contributed by atoms with Gasteiger partial charge in [-0.25, -0.2) is 4.98 Å². The smallest absolute Gasteiger partial charge is 0.132 e. The molecule has 0 aliphatic rings. The molecule has 0 fully saturated rings. The standard InChI is InChI=1S/C10H8N4S/c15-10(8-7-11-5-6-12-8)14-9-3-1-2-4-13-9/h1-7H,(H,13,14,15). The van der Waals surface area contributed by atoms with Crippen molar-refractivity contribution in [2.24, 2.45) is 0 Å². The summed E-state index contributed by atoms with van der Waals surface area (Å²) in [5.74, 6) is 0.702. The lowest BCUT2D eigenvalue weighted by molar-refractivity contribution is 1.18. The maximum Gasteiger partial charge on any atom is 0.132 e. The topological polar surface area (TPSA) is 50.7 Å². The number of pyridine rings is 1. The number of nitrogens with zero attached hydrogens (tertiary/aromatic N) is 3. The molecule has 0 amide bonds. The van der Waals surface area contributed by atoms with Gasteiger partial charge in [0.15, 0.2) is 0 Å². The van der Waals surface area contributed by atoms with E-state index in [4.69, 9.17) is 12.2 Å². The predicted octanol–water partition coefficient (Wildman–Crippen LogP) is 1.66. The van der Waals surface area contributed by atoms with Gasteiger partial charge >= 0.3 is 0 Å². The fourth-order valence-corrected chi connectivity index (χ4v) is 1.24. The maximum atomic E-state index is 5.15. The molecule has 15 heavy (non-hydrogen) atoms. The summed E-state index contributed by atoms with van der Waals surface area (Å²) >= 11 is 5.15. The molecule has 0 saturated heterocycles. The minimum Gasteiger partial charge on any atom is -0.329 e. The van der Waals surface area contributed by atoms with E-state index in [1.54, 1.807) is 24.8 Å². The summed E-state index contributed by atoms with van der Waals surface area (Å²) in [5, 5.41) is 2.98. The van der Waals surface area contributed by atoms with Crippen LogP contribution in [0, 0.1) is 0 Å². The molecule has 74 valence electrons. The minimum absolute atomic E-state index is 0.516. The Hall–Kier alpha value is -1.88. The number of anilines is 1. The molecular formula is C10H8N4S. The third kappa shape index (κ3) is 2.54. The lowest BCUT2D eigenvalue weighted by Gasteiger charge is -2.04. The average molecular weight is 216 g/mol. The summed E-state index contributed by atoms with van der Waals surface area (Å²) in [5.41, 5.74) is 0.637. The Morgan fingerprint density at radius 2 is 2.07 bits per heavy atom. The summed E-state index contributed by atoms with van der Waals surface area (Å²) in [4.78, 5) is 12.6. The largest absolute Gasteiger partial charge is 0.329 e. The van der Waals surface area contributed by atoms with Gasteiger partial charge in [0.1, 0.15) is 16.5 Å². The van der Waals surface area contributed by atoms with Crippen molar-refractivity contribution in [2.75, 3.05) is 5.32 Å². The van der Waals surface area contributed by atoms with Gasteiger partial charge in [-0.05, 0) is 12.1 Å². The van der Waals surface area contributed by atoms with E-state index in [0.29, 0.717) is 16.5 Å². The normalized spacial score (nSPS) is 9.60. The summed E-state index contributed by atoms with van der Waals surface area (Å²) in [6, 6.07) is 5.56. The van der Waals surface area contributed by atoms with E-state index >= 15 is 0 Å². The molecule has 0 aliphatic heterocycles. The second kappa shape index (κ2) is 4.56. The highest BCUT2D eigenvalue weighted by Gasteiger charge is 2.02. The first-order chi connectivity index (χ1) is 7.36. The molecule has 0 radical (unpaired) electrons. The number of aromatic nitrogens is 3. The molecule has 2 aromatic rings. The maximum absolute atomic E-state index is 5.15. The zero-order valence-corrected chi connectivity index (χ0v) is 8.61. The van der Waals surface area contributed by atoms with Crippen LogP contribution in [0.3, 0.4) is 0 Å². The molecule has 0 bridgehead atoms. The highest BCUT2D eigenvalue weighted by molar-refractivity contribution is 7.81. The van der Waals surface area contributed by atoms with Crippen molar-refractivity contribution in [2.45, 2.75) is 0 Å². The second-order valence-electron chi connectivity index (χ2n) is 2.76. The van der Waals surface area contributed by atoms with E-state index < -0.39 is 0 Å². The molecule has 2 rings (SSSR count). The van der Waals surface area contributed by atoms with Crippen LogP contribution in [0.1, 0.15) is 5.69 Å². The average Bonchev–Trinajstić information content (AvgIpc) is 2.31. The van der Waals surface area contributed by atoms with Crippen LogP contribution in [0.2, 0.25) is 0 Å². The predicted molar refractivity (Wildman–Crippen MR) is 61.6 cm³/mol. The monoisotopic (exact) mass is 216 g/mol. The van der Waals surface area contributed by atoms with E-state index in [-0.39, 0.29) is 0 Å². The summed E-state index contributed by atoms with van der Waals surface area (Å²) < 4.78 is 0. The van der Waals surface area contributed by atoms with E-state index in [2.05, 4.69) is 20.3 Å². The number of nitrogens with one attached hydrogen (secondary N) is 1. The summed E-state index contributed by atoms with van der Waals surface area (Å²) in [7, 11) is 0. The molecule has 0 aromatic carbocycles. The third-order valence-corrected chi connectivity index (χ3v) is 2.01. The Bertz CT molecular complexity index is 443. The highest BCUT2D eigenvalue weighted by atomic mass is 32.1. The van der Waals surface area contributed by atoms with Crippen molar-refractivity contribution in [3.63, 3.8) is 0 Å². The van der Waals surface area contributed by atoms with E-state index in [0.717, 1.165) is 0 Å². The molecule has 2 aromatic heterocycles.